The lowest BCUT2D eigenvalue weighted by molar-refractivity contribution is -0.115. The summed E-state index contributed by atoms with van der Waals surface area (Å²) in [6, 6.07) is 6.71. The van der Waals surface area contributed by atoms with E-state index in [9.17, 15) is 9.18 Å². The Labute approximate surface area is 119 Å². The van der Waals surface area contributed by atoms with Crippen molar-refractivity contribution in [1.29, 1.82) is 0 Å². The van der Waals surface area contributed by atoms with E-state index in [0.717, 1.165) is 19.6 Å². The molecule has 1 unspecified atom stereocenters. The molecule has 0 spiro atoms. The number of rotatable bonds is 6. The number of nitrogens with zero attached hydrogens (tertiary/aromatic N) is 1. The minimum atomic E-state index is -0.409. The van der Waals surface area contributed by atoms with Crippen LogP contribution in [0, 0.1) is 5.82 Å². The van der Waals surface area contributed by atoms with Gasteiger partial charge in [-0.05, 0) is 38.1 Å². The summed E-state index contributed by atoms with van der Waals surface area (Å²) in [5, 5.41) is 5.73. The second-order valence-electron chi connectivity index (χ2n) is 5.08. The molecule has 1 saturated heterocycles. The first kappa shape index (κ1) is 14.9. The Balaban J connectivity index is 1.72. The van der Waals surface area contributed by atoms with Crippen molar-refractivity contribution in [2.24, 2.45) is 0 Å². The number of nitrogens with one attached hydrogen (secondary N) is 2. The van der Waals surface area contributed by atoms with Gasteiger partial charge in [-0.3, -0.25) is 9.69 Å². The molecule has 1 aliphatic heterocycles. The summed E-state index contributed by atoms with van der Waals surface area (Å²) in [4.78, 5) is 14.2. The number of hydrogen-bond acceptors (Lipinski definition) is 3. The second kappa shape index (κ2) is 7.36. The van der Waals surface area contributed by atoms with Crippen LogP contribution < -0.4 is 10.6 Å². The van der Waals surface area contributed by atoms with E-state index in [1.165, 1.54) is 18.9 Å². The summed E-state index contributed by atoms with van der Waals surface area (Å²) in [6.45, 7) is 5.36. The SMILES string of the molecule is CCN1CCCC1CNCC(=O)Nc1ccccc1F. The molecule has 0 radical (unpaired) electrons. The second-order valence-corrected chi connectivity index (χ2v) is 5.08. The van der Waals surface area contributed by atoms with E-state index in [0.29, 0.717) is 6.04 Å². The third-order valence-corrected chi connectivity index (χ3v) is 3.72. The maximum atomic E-state index is 13.4. The highest BCUT2D eigenvalue weighted by molar-refractivity contribution is 5.92. The number of para-hydroxylation sites is 1. The van der Waals surface area contributed by atoms with Crippen LogP contribution in [0.4, 0.5) is 10.1 Å². The van der Waals surface area contributed by atoms with Crippen molar-refractivity contribution < 1.29 is 9.18 Å². The number of likely N-dealkylation sites (tertiary alicyclic amines) is 1. The molecule has 1 aromatic carbocycles. The predicted molar refractivity (Wildman–Crippen MR) is 78.2 cm³/mol. The molecular formula is C15H22FN3O. The Morgan fingerprint density at radius 1 is 1.45 bits per heavy atom. The monoisotopic (exact) mass is 279 g/mol. The quantitative estimate of drug-likeness (QED) is 0.835. The van der Waals surface area contributed by atoms with Gasteiger partial charge in [-0.25, -0.2) is 4.39 Å². The normalized spacial score (nSPS) is 19.2. The lowest BCUT2D eigenvalue weighted by Gasteiger charge is -2.22. The molecular weight excluding hydrogens is 257 g/mol. The Kier molecular flexibility index (Phi) is 5.49. The fraction of sp³-hybridized carbons (Fsp3) is 0.533. The van der Waals surface area contributed by atoms with Crippen molar-refractivity contribution in [3.05, 3.63) is 30.1 Å². The highest BCUT2D eigenvalue weighted by Crippen LogP contribution is 2.15. The molecule has 0 aliphatic carbocycles. The molecule has 1 amide bonds. The Bertz CT molecular complexity index is 452. The fourth-order valence-electron chi connectivity index (χ4n) is 2.65. The summed E-state index contributed by atoms with van der Waals surface area (Å²) in [6.07, 6.45) is 2.40. The van der Waals surface area contributed by atoms with Gasteiger partial charge in [0, 0.05) is 12.6 Å². The van der Waals surface area contributed by atoms with Crippen LogP contribution in [-0.4, -0.2) is 43.0 Å². The van der Waals surface area contributed by atoms with E-state index in [4.69, 9.17) is 0 Å². The molecule has 2 N–H and O–H groups in total. The summed E-state index contributed by atoms with van der Waals surface area (Å²) < 4.78 is 13.4. The molecule has 1 fully saturated rings. The van der Waals surface area contributed by atoms with Gasteiger partial charge in [0.1, 0.15) is 5.82 Å². The van der Waals surface area contributed by atoms with Gasteiger partial charge >= 0.3 is 0 Å². The molecule has 110 valence electrons. The smallest absolute Gasteiger partial charge is 0.238 e. The van der Waals surface area contributed by atoms with Crippen LogP contribution in [0.1, 0.15) is 19.8 Å². The van der Waals surface area contributed by atoms with Crippen molar-refractivity contribution >= 4 is 11.6 Å². The fourth-order valence-corrected chi connectivity index (χ4v) is 2.65. The van der Waals surface area contributed by atoms with E-state index in [1.54, 1.807) is 18.2 Å². The molecule has 1 heterocycles. The van der Waals surface area contributed by atoms with E-state index in [-0.39, 0.29) is 18.1 Å². The summed E-state index contributed by atoms with van der Waals surface area (Å²) in [5.41, 5.74) is 0.232. The van der Waals surface area contributed by atoms with Crippen LogP contribution in [0.3, 0.4) is 0 Å². The summed E-state index contributed by atoms with van der Waals surface area (Å²) in [7, 11) is 0. The first-order chi connectivity index (χ1) is 9.70. The number of carbonyl (C=O) groups is 1. The van der Waals surface area contributed by atoms with Crippen molar-refractivity contribution in [2.75, 3.05) is 31.5 Å². The van der Waals surface area contributed by atoms with E-state index in [2.05, 4.69) is 22.5 Å². The van der Waals surface area contributed by atoms with Crippen molar-refractivity contribution in [3.8, 4) is 0 Å². The number of carbonyl (C=O) groups excluding carboxylic acids is 1. The molecule has 5 heteroatoms. The number of anilines is 1. The van der Waals surface area contributed by atoms with Gasteiger partial charge in [-0.1, -0.05) is 19.1 Å². The Hall–Kier alpha value is -1.46. The highest BCUT2D eigenvalue weighted by atomic mass is 19.1. The zero-order valence-electron chi connectivity index (χ0n) is 11.9. The van der Waals surface area contributed by atoms with Crippen LogP contribution in [0.2, 0.25) is 0 Å². The van der Waals surface area contributed by atoms with Gasteiger partial charge in [-0.15, -0.1) is 0 Å². The number of hydrogen-bond donors (Lipinski definition) is 2. The van der Waals surface area contributed by atoms with Gasteiger partial charge in [0.2, 0.25) is 5.91 Å². The van der Waals surface area contributed by atoms with Gasteiger partial charge in [-0.2, -0.15) is 0 Å². The third-order valence-electron chi connectivity index (χ3n) is 3.72. The van der Waals surface area contributed by atoms with Gasteiger partial charge in [0.15, 0.2) is 0 Å². The topological polar surface area (TPSA) is 44.4 Å². The van der Waals surface area contributed by atoms with E-state index in [1.807, 2.05) is 0 Å². The molecule has 1 atom stereocenters. The maximum Gasteiger partial charge on any atom is 0.238 e. The Morgan fingerprint density at radius 3 is 3.00 bits per heavy atom. The van der Waals surface area contributed by atoms with Crippen LogP contribution in [-0.2, 0) is 4.79 Å². The standard InChI is InChI=1S/C15H22FN3O/c1-2-19-9-5-6-12(19)10-17-11-15(20)18-14-8-4-3-7-13(14)16/h3-4,7-8,12,17H,2,5-6,9-11H2,1H3,(H,18,20). The summed E-state index contributed by atoms with van der Waals surface area (Å²) >= 11 is 0. The van der Waals surface area contributed by atoms with Gasteiger partial charge in [0.05, 0.1) is 12.2 Å². The molecule has 2 rings (SSSR count). The van der Waals surface area contributed by atoms with Crippen molar-refractivity contribution in [2.45, 2.75) is 25.8 Å². The average molecular weight is 279 g/mol. The molecule has 4 nitrogen and oxygen atoms in total. The molecule has 0 aromatic heterocycles. The molecule has 0 bridgehead atoms. The van der Waals surface area contributed by atoms with Crippen LogP contribution in [0.5, 0.6) is 0 Å². The predicted octanol–water partition coefficient (Wildman–Crippen LogP) is 1.84. The average Bonchev–Trinajstić information content (AvgIpc) is 2.89. The first-order valence-corrected chi connectivity index (χ1v) is 7.20. The zero-order valence-corrected chi connectivity index (χ0v) is 11.9. The number of halogens is 1. The summed E-state index contributed by atoms with van der Waals surface area (Å²) in [5.74, 6) is -0.620. The number of amides is 1. The van der Waals surface area contributed by atoms with Crippen molar-refractivity contribution in [1.82, 2.24) is 10.2 Å². The molecule has 1 aliphatic rings. The third kappa shape index (κ3) is 4.02. The minimum absolute atomic E-state index is 0.211. The van der Waals surface area contributed by atoms with Crippen LogP contribution >= 0.6 is 0 Å². The lowest BCUT2D eigenvalue weighted by Crippen LogP contribution is -2.40. The maximum absolute atomic E-state index is 13.4. The van der Waals surface area contributed by atoms with E-state index >= 15 is 0 Å². The molecule has 20 heavy (non-hydrogen) atoms. The zero-order chi connectivity index (χ0) is 14.4. The number of likely N-dealkylation sites (N-methyl/N-ethyl adjacent to an activating group) is 1. The lowest BCUT2D eigenvalue weighted by atomic mass is 10.2. The molecule has 1 aromatic rings. The highest BCUT2D eigenvalue weighted by Gasteiger charge is 2.22. The van der Waals surface area contributed by atoms with Gasteiger partial charge in [0.25, 0.3) is 0 Å². The van der Waals surface area contributed by atoms with Crippen molar-refractivity contribution in [3.63, 3.8) is 0 Å². The van der Waals surface area contributed by atoms with Crippen LogP contribution in [0.15, 0.2) is 24.3 Å². The Morgan fingerprint density at radius 2 is 2.25 bits per heavy atom. The van der Waals surface area contributed by atoms with Crippen LogP contribution in [0.25, 0.3) is 0 Å². The molecule has 0 saturated carbocycles. The van der Waals surface area contributed by atoms with Gasteiger partial charge < -0.3 is 10.6 Å². The largest absolute Gasteiger partial charge is 0.322 e. The first-order valence-electron chi connectivity index (χ1n) is 7.20. The minimum Gasteiger partial charge on any atom is -0.322 e. The number of benzene rings is 1. The van der Waals surface area contributed by atoms with E-state index < -0.39 is 5.82 Å².